The Kier molecular flexibility index (Phi) is 7.34. The first-order valence-corrected chi connectivity index (χ1v) is 10.5. The molecule has 8 nitrogen and oxygen atoms in total. The summed E-state index contributed by atoms with van der Waals surface area (Å²) in [4.78, 5) is 12.4. The average Bonchev–Trinajstić information content (AvgIpc) is 2.66. The van der Waals surface area contributed by atoms with Gasteiger partial charge in [-0.3, -0.25) is 4.79 Å². The fraction of sp³-hybridized carbons (Fsp3) is 0.316. The Morgan fingerprint density at radius 2 is 1.76 bits per heavy atom. The Bertz CT molecular complexity index is 1020. The number of carbonyl (C=O) groups is 1. The van der Waals surface area contributed by atoms with Crippen LogP contribution in [0, 0.1) is 6.92 Å². The third-order valence-corrected chi connectivity index (χ3v) is 5.45. The fourth-order valence-corrected chi connectivity index (χ4v) is 3.99. The molecule has 0 fully saturated rings. The van der Waals surface area contributed by atoms with Crippen molar-refractivity contribution in [1.29, 1.82) is 0 Å². The number of carbonyl (C=O) groups excluding carboxylic acids is 1. The third-order valence-electron chi connectivity index (χ3n) is 4.30. The molecular weight excluding hydrogens is 420 g/mol. The molecule has 1 amide bonds. The Labute approximate surface area is 174 Å². The van der Waals surface area contributed by atoms with Crippen LogP contribution in [0.15, 0.2) is 29.2 Å². The zero-order valence-corrected chi connectivity index (χ0v) is 18.1. The molecule has 0 bridgehead atoms. The van der Waals surface area contributed by atoms with E-state index in [2.05, 4.69) is 5.32 Å². The van der Waals surface area contributed by atoms with Gasteiger partial charge in [-0.1, -0.05) is 11.6 Å². The fourth-order valence-electron chi connectivity index (χ4n) is 3.02. The summed E-state index contributed by atoms with van der Waals surface area (Å²) in [7, 11) is 0.271. The summed E-state index contributed by atoms with van der Waals surface area (Å²) < 4.78 is 39.7. The normalized spacial score (nSPS) is 11.1. The number of nitrogens with one attached hydrogen (secondary N) is 1. The molecule has 3 N–H and O–H groups in total. The largest absolute Gasteiger partial charge is 0.496 e. The SMILES string of the molecule is COc1ccc(Cl)cc1C(=O)NCCc1cc(S(N)(=O)=O)c(OC)c(C)c1OC. The number of rotatable bonds is 8. The van der Waals surface area contributed by atoms with Crippen molar-refractivity contribution in [3.63, 3.8) is 0 Å². The van der Waals surface area contributed by atoms with Gasteiger partial charge < -0.3 is 19.5 Å². The molecule has 2 rings (SSSR count). The molecule has 0 heterocycles. The lowest BCUT2D eigenvalue weighted by Gasteiger charge is -2.18. The van der Waals surface area contributed by atoms with Crippen LogP contribution in [0.5, 0.6) is 17.2 Å². The number of hydrogen-bond donors (Lipinski definition) is 2. The second kappa shape index (κ2) is 9.34. The molecule has 158 valence electrons. The van der Waals surface area contributed by atoms with Crippen molar-refractivity contribution < 1.29 is 27.4 Å². The maximum absolute atomic E-state index is 12.5. The lowest BCUT2D eigenvalue weighted by molar-refractivity contribution is 0.0951. The first-order valence-electron chi connectivity index (χ1n) is 8.53. The quantitative estimate of drug-likeness (QED) is 0.647. The van der Waals surface area contributed by atoms with Crippen LogP contribution in [0.4, 0.5) is 0 Å². The highest BCUT2D eigenvalue weighted by Gasteiger charge is 2.23. The summed E-state index contributed by atoms with van der Waals surface area (Å²) in [6, 6.07) is 6.13. The molecule has 0 radical (unpaired) electrons. The van der Waals surface area contributed by atoms with Crippen LogP contribution in [-0.4, -0.2) is 42.2 Å². The van der Waals surface area contributed by atoms with E-state index in [4.69, 9.17) is 31.0 Å². The van der Waals surface area contributed by atoms with Gasteiger partial charge in [-0.25, -0.2) is 13.6 Å². The number of benzene rings is 2. The summed E-state index contributed by atoms with van der Waals surface area (Å²) in [6.45, 7) is 1.88. The molecule has 0 saturated carbocycles. The van der Waals surface area contributed by atoms with Gasteiger partial charge >= 0.3 is 0 Å². The van der Waals surface area contributed by atoms with Gasteiger partial charge in [0.1, 0.15) is 22.1 Å². The first kappa shape index (κ1) is 22.8. The van der Waals surface area contributed by atoms with Gasteiger partial charge in [-0.15, -0.1) is 0 Å². The standard InChI is InChI=1S/C19H23ClN2O6S/c1-11-17(27-3)12(9-16(18(11)28-4)29(21,24)25)7-8-22-19(23)14-10-13(20)5-6-15(14)26-2/h5-6,9-10H,7-8H2,1-4H3,(H,22,23)(H2,21,24,25). The highest BCUT2D eigenvalue weighted by Crippen LogP contribution is 2.37. The van der Waals surface area contributed by atoms with Gasteiger partial charge in [-0.05, 0) is 43.2 Å². The van der Waals surface area contributed by atoms with Crippen molar-refractivity contribution in [1.82, 2.24) is 5.32 Å². The van der Waals surface area contributed by atoms with Crippen molar-refractivity contribution in [3.8, 4) is 17.2 Å². The number of halogens is 1. The van der Waals surface area contributed by atoms with E-state index >= 15 is 0 Å². The van der Waals surface area contributed by atoms with Crippen molar-refractivity contribution in [2.45, 2.75) is 18.2 Å². The molecule has 0 aromatic heterocycles. The molecule has 0 unspecified atom stereocenters. The van der Waals surface area contributed by atoms with Gasteiger partial charge in [0.2, 0.25) is 10.0 Å². The number of hydrogen-bond acceptors (Lipinski definition) is 6. The topological polar surface area (TPSA) is 117 Å². The van der Waals surface area contributed by atoms with E-state index in [1.54, 1.807) is 19.1 Å². The molecule has 0 aliphatic rings. The molecule has 2 aromatic rings. The molecule has 10 heteroatoms. The number of ether oxygens (including phenoxy) is 3. The summed E-state index contributed by atoms with van der Waals surface area (Å²) in [5, 5.41) is 8.48. The Morgan fingerprint density at radius 1 is 1.10 bits per heavy atom. The minimum absolute atomic E-state index is 0.126. The Morgan fingerprint density at radius 3 is 2.31 bits per heavy atom. The number of amides is 1. The number of sulfonamides is 1. The van der Waals surface area contributed by atoms with E-state index in [-0.39, 0.29) is 23.1 Å². The lowest BCUT2D eigenvalue weighted by atomic mass is 10.1. The van der Waals surface area contributed by atoms with Crippen molar-refractivity contribution in [2.24, 2.45) is 5.14 Å². The monoisotopic (exact) mass is 442 g/mol. The maximum Gasteiger partial charge on any atom is 0.255 e. The zero-order valence-electron chi connectivity index (χ0n) is 16.5. The Hall–Kier alpha value is -2.49. The smallest absolute Gasteiger partial charge is 0.255 e. The molecular formula is C19H23ClN2O6S. The molecule has 0 spiro atoms. The van der Waals surface area contributed by atoms with Gasteiger partial charge in [0, 0.05) is 17.1 Å². The van der Waals surface area contributed by atoms with E-state index in [1.165, 1.54) is 33.5 Å². The van der Waals surface area contributed by atoms with Crippen LogP contribution in [0.25, 0.3) is 0 Å². The van der Waals surface area contributed by atoms with E-state index in [1.807, 2.05) is 0 Å². The van der Waals surface area contributed by atoms with Crippen LogP contribution in [0.3, 0.4) is 0 Å². The predicted octanol–water partition coefficient (Wildman–Crippen LogP) is 2.29. The number of nitrogens with two attached hydrogens (primary N) is 1. The number of methoxy groups -OCH3 is 3. The average molecular weight is 443 g/mol. The maximum atomic E-state index is 12.5. The third kappa shape index (κ3) is 5.11. The van der Waals surface area contributed by atoms with Crippen LogP contribution in [-0.2, 0) is 16.4 Å². The van der Waals surface area contributed by atoms with E-state index in [0.29, 0.717) is 39.6 Å². The molecule has 0 atom stereocenters. The molecule has 29 heavy (non-hydrogen) atoms. The highest BCUT2D eigenvalue weighted by atomic mass is 35.5. The van der Waals surface area contributed by atoms with Crippen LogP contribution in [0.1, 0.15) is 21.5 Å². The van der Waals surface area contributed by atoms with Crippen molar-refractivity contribution >= 4 is 27.5 Å². The van der Waals surface area contributed by atoms with Crippen molar-refractivity contribution in [2.75, 3.05) is 27.9 Å². The van der Waals surface area contributed by atoms with Crippen LogP contribution >= 0.6 is 11.6 Å². The summed E-state index contributed by atoms with van der Waals surface area (Å²) in [5.41, 5.74) is 1.36. The molecule has 0 aliphatic carbocycles. The first-order chi connectivity index (χ1) is 13.6. The molecule has 0 aliphatic heterocycles. The highest BCUT2D eigenvalue weighted by molar-refractivity contribution is 7.89. The second-order valence-electron chi connectivity index (χ2n) is 6.12. The Balaban J connectivity index is 2.28. The lowest BCUT2D eigenvalue weighted by Crippen LogP contribution is -2.26. The summed E-state index contributed by atoms with van der Waals surface area (Å²) in [5.74, 6) is 0.603. The summed E-state index contributed by atoms with van der Waals surface area (Å²) in [6.07, 6.45) is 0.297. The van der Waals surface area contributed by atoms with Gasteiger partial charge in [0.05, 0.1) is 26.9 Å². The van der Waals surface area contributed by atoms with Gasteiger partial charge in [-0.2, -0.15) is 0 Å². The van der Waals surface area contributed by atoms with Crippen molar-refractivity contribution in [3.05, 3.63) is 46.0 Å². The zero-order chi connectivity index (χ0) is 21.8. The van der Waals surface area contributed by atoms with Crippen LogP contribution in [0.2, 0.25) is 5.02 Å². The minimum atomic E-state index is -4.01. The van der Waals surface area contributed by atoms with Crippen LogP contribution < -0.4 is 24.7 Å². The van der Waals surface area contributed by atoms with E-state index < -0.39 is 10.0 Å². The molecule has 0 saturated heterocycles. The second-order valence-corrected chi connectivity index (χ2v) is 8.09. The number of primary sulfonamides is 1. The minimum Gasteiger partial charge on any atom is -0.496 e. The van der Waals surface area contributed by atoms with E-state index in [0.717, 1.165) is 0 Å². The van der Waals surface area contributed by atoms with Gasteiger partial charge in [0.25, 0.3) is 5.91 Å². The predicted molar refractivity (Wildman–Crippen MR) is 110 cm³/mol. The summed E-state index contributed by atoms with van der Waals surface area (Å²) >= 11 is 5.96. The van der Waals surface area contributed by atoms with Gasteiger partial charge in [0.15, 0.2) is 0 Å². The van der Waals surface area contributed by atoms with E-state index in [9.17, 15) is 13.2 Å². The molecule has 2 aromatic carbocycles.